The van der Waals surface area contributed by atoms with E-state index in [1.807, 2.05) is 13.8 Å². The molecule has 0 atom stereocenters. The van der Waals surface area contributed by atoms with Crippen LogP contribution in [0.25, 0.3) is 32.3 Å². The van der Waals surface area contributed by atoms with Gasteiger partial charge in [0.25, 0.3) is 0 Å². The first-order valence-electron chi connectivity index (χ1n) is 9.23. The van der Waals surface area contributed by atoms with Gasteiger partial charge in [-0.1, -0.05) is 114 Å². The number of benzene rings is 4. The van der Waals surface area contributed by atoms with E-state index < -0.39 is 0 Å². The molecule has 0 aromatic heterocycles. The van der Waals surface area contributed by atoms with Crippen LogP contribution in [-0.2, 0) is 0 Å². The van der Waals surface area contributed by atoms with Crippen LogP contribution in [0.15, 0.2) is 72.8 Å². The van der Waals surface area contributed by atoms with Crippen molar-refractivity contribution in [1.29, 1.82) is 0 Å². The normalized spacial score (nSPS) is 10.8. The van der Waals surface area contributed by atoms with Gasteiger partial charge in [0.15, 0.2) is 0 Å². The Kier molecular flexibility index (Phi) is 6.20. The van der Waals surface area contributed by atoms with Crippen molar-refractivity contribution in [2.24, 2.45) is 5.41 Å². The second-order valence-corrected chi connectivity index (χ2v) is 7.64. The second-order valence-electron chi connectivity index (χ2n) is 7.64. The summed E-state index contributed by atoms with van der Waals surface area (Å²) in [5.41, 5.74) is 0.500. The molecule has 4 rings (SSSR count). The highest BCUT2D eigenvalue weighted by Crippen LogP contribution is 2.34. The molecular formula is C25H30. The molecule has 0 nitrogen and oxygen atoms in total. The van der Waals surface area contributed by atoms with Gasteiger partial charge in [0.05, 0.1) is 0 Å². The Hall–Kier alpha value is -2.34. The number of rotatable bonds is 0. The summed E-state index contributed by atoms with van der Waals surface area (Å²) in [6, 6.07) is 26.0. The Morgan fingerprint density at radius 2 is 0.520 bits per heavy atom. The van der Waals surface area contributed by atoms with E-state index >= 15 is 0 Å². The Morgan fingerprint density at radius 1 is 0.400 bits per heavy atom. The van der Waals surface area contributed by atoms with Crippen LogP contribution >= 0.6 is 0 Å². The van der Waals surface area contributed by atoms with Crippen molar-refractivity contribution in [3.8, 4) is 0 Å². The Bertz CT molecular complexity index is 729. The van der Waals surface area contributed by atoms with Gasteiger partial charge in [0, 0.05) is 0 Å². The summed E-state index contributed by atoms with van der Waals surface area (Å²) in [4.78, 5) is 0. The minimum Gasteiger partial charge on any atom is -0.0683 e. The van der Waals surface area contributed by atoms with Crippen LogP contribution in [0.1, 0.15) is 41.5 Å². The lowest BCUT2D eigenvalue weighted by molar-refractivity contribution is 0.469. The van der Waals surface area contributed by atoms with E-state index in [1.165, 1.54) is 32.3 Å². The van der Waals surface area contributed by atoms with Crippen molar-refractivity contribution in [2.75, 3.05) is 0 Å². The van der Waals surface area contributed by atoms with Crippen molar-refractivity contribution < 1.29 is 0 Å². The zero-order chi connectivity index (χ0) is 18.4. The highest BCUT2D eigenvalue weighted by atomic mass is 14.1. The maximum Gasteiger partial charge on any atom is -0.00990 e. The van der Waals surface area contributed by atoms with Crippen molar-refractivity contribution in [1.82, 2.24) is 0 Å². The molecule has 0 saturated carbocycles. The van der Waals surface area contributed by atoms with Crippen LogP contribution in [-0.4, -0.2) is 0 Å². The number of hydrogen-bond donors (Lipinski definition) is 0. The molecule has 0 unspecified atom stereocenters. The average molecular weight is 331 g/mol. The summed E-state index contributed by atoms with van der Waals surface area (Å²) in [6.07, 6.45) is 0. The van der Waals surface area contributed by atoms with Crippen LogP contribution < -0.4 is 0 Å². The maximum atomic E-state index is 2.21. The zero-order valence-electron chi connectivity index (χ0n) is 16.4. The van der Waals surface area contributed by atoms with E-state index in [4.69, 9.17) is 0 Å². The van der Waals surface area contributed by atoms with E-state index in [0.717, 1.165) is 0 Å². The van der Waals surface area contributed by atoms with Crippen molar-refractivity contribution in [2.45, 2.75) is 41.5 Å². The van der Waals surface area contributed by atoms with E-state index in [0.29, 0.717) is 5.41 Å². The number of hydrogen-bond acceptors (Lipinski definition) is 0. The molecule has 4 aromatic rings. The predicted octanol–water partition coefficient (Wildman–Crippen LogP) is 8.22. The monoisotopic (exact) mass is 330 g/mol. The molecule has 0 N–H and O–H groups in total. The lowest BCUT2D eigenvalue weighted by Crippen LogP contribution is -1.93. The summed E-state index contributed by atoms with van der Waals surface area (Å²) in [6.45, 7) is 12.8. The minimum absolute atomic E-state index is 0.500. The van der Waals surface area contributed by atoms with Crippen LogP contribution in [0.3, 0.4) is 0 Å². The summed E-state index contributed by atoms with van der Waals surface area (Å²) < 4.78 is 0. The molecule has 0 radical (unpaired) electrons. The second kappa shape index (κ2) is 8.16. The summed E-state index contributed by atoms with van der Waals surface area (Å²) in [5.74, 6) is 0. The quantitative estimate of drug-likeness (QED) is 0.285. The van der Waals surface area contributed by atoms with Crippen LogP contribution in [0, 0.1) is 5.41 Å². The molecule has 0 saturated heterocycles. The van der Waals surface area contributed by atoms with Gasteiger partial charge in [0.2, 0.25) is 0 Å². The molecule has 0 heteroatoms. The van der Waals surface area contributed by atoms with Gasteiger partial charge in [-0.3, -0.25) is 0 Å². The Morgan fingerprint density at radius 3 is 0.640 bits per heavy atom. The third-order valence-corrected chi connectivity index (χ3v) is 3.65. The van der Waals surface area contributed by atoms with E-state index in [2.05, 4.69) is 100 Å². The first-order chi connectivity index (χ1) is 11.9. The Balaban J connectivity index is 0.000000281. The van der Waals surface area contributed by atoms with Crippen molar-refractivity contribution in [3.63, 3.8) is 0 Å². The SMILES string of the molecule is CC.CC(C)(C)C.c1ccc2c(c1)c1ccccc1c1ccccc21. The first kappa shape index (κ1) is 19.0. The molecule has 25 heavy (non-hydrogen) atoms. The van der Waals surface area contributed by atoms with E-state index in [9.17, 15) is 0 Å². The minimum atomic E-state index is 0.500. The fraction of sp³-hybridized carbons (Fsp3) is 0.280. The molecule has 130 valence electrons. The lowest BCUT2D eigenvalue weighted by atomic mass is 9.95. The fourth-order valence-corrected chi connectivity index (χ4v) is 2.86. The standard InChI is InChI=1S/C18H12.C5H12.C2H6/c1-2-8-14-13(7-1)15-9-3-4-11-17(15)18-12-6-5-10-16(14)18;1-5(2,3)4;1-2/h1-12H;1-4H3;1-2H3. The van der Waals surface area contributed by atoms with Crippen molar-refractivity contribution >= 4 is 32.3 Å². The van der Waals surface area contributed by atoms with Gasteiger partial charge in [-0.2, -0.15) is 0 Å². The van der Waals surface area contributed by atoms with Gasteiger partial charge < -0.3 is 0 Å². The van der Waals surface area contributed by atoms with Gasteiger partial charge in [-0.15, -0.1) is 0 Å². The molecule has 0 spiro atoms. The molecule has 0 amide bonds. The van der Waals surface area contributed by atoms with Gasteiger partial charge in [0.1, 0.15) is 0 Å². The molecule has 0 heterocycles. The molecule has 0 fully saturated rings. The van der Waals surface area contributed by atoms with Crippen LogP contribution in [0.5, 0.6) is 0 Å². The maximum absolute atomic E-state index is 2.21. The third kappa shape index (κ3) is 4.60. The highest BCUT2D eigenvalue weighted by Gasteiger charge is 2.06. The summed E-state index contributed by atoms with van der Waals surface area (Å²) in [7, 11) is 0. The molecule has 0 bridgehead atoms. The number of fused-ring (bicyclic) bond motifs is 6. The van der Waals surface area contributed by atoms with E-state index in [-0.39, 0.29) is 0 Å². The van der Waals surface area contributed by atoms with E-state index in [1.54, 1.807) is 0 Å². The first-order valence-corrected chi connectivity index (χ1v) is 9.23. The predicted molar refractivity (Wildman–Crippen MR) is 115 cm³/mol. The fourth-order valence-electron chi connectivity index (χ4n) is 2.86. The van der Waals surface area contributed by atoms with Crippen molar-refractivity contribution in [3.05, 3.63) is 72.8 Å². The highest BCUT2D eigenvalue weighted by molar-refractivity contribution is 6.25. The molecule has 4 aromatic carbocycles. The average Bonchev–Trinajstić information content (AvgIpc) is 2.62. The lowest BCUT2D eigenvalue weighted by Gasteiger charge is -2.09. The topological polar surface area (TPSA) is 0 Å². The molecular weight excluding hydrogens is 300 g/mol. The van der Waals surface area contributed by atoms with Crippen LogP contribution in [0.4, 0.5) is 0 Å². The van der Waals surface area contributed by atoms with Gasteiger partial charge in [-0.25, -0.2) is 0 Å². The molecule has 0 aliphatic carbocycles. The molecule has 0 aliphatic rings. The summed E-state index contributed by atoms with van der Waals surface area (Å²) in [5, 5.41) is 8.04. The molecule has 0 aliphatic heterocycles. The third-order valence-electron chi connectivity index (χ3n) is 3.65. The summed E-state index contributed by atoms with van der Waals surface area (Å²) >= 11 is 0. The zero-order valence-corrected chi connectivity index (χ0v) is 16.4. The van der Waals surface area contributed by atoms with Crippen LogP contribution in [0.2, 0.25) is 0 Å². The smallest absolute Gasteiger partial charge is 0.00990 e. The largest absolute Gasteiger partial charge is 0.0683 e. The van der Waals surface area contributed by atoms with Gasteiger partial charge >= 0.3 is 0 Å². The Labute approximate surface area is 152 Å². The van der Waals surface area contributed by atoms with Gasteiger partial charge in [-0.05, 0) is 37.7 Å².